The molecule has 0 aliphatic heterocycles. The van der Waals surface area contributed by atoms with E-state index in [2.05, 4.69) is 5.10 Å². The molecule has 1 aromatic rings. The normalized spacial score (nSPS) is 11.7. The molecule has 0 radical (unpaired) electrons. The third-order valence-corrected chi connectivity index (χ3v) is 1.95. The van der Waals surface area contributed by atoms with E-state index < -0.39 is 0 Å². The second kappa shape index (κ2) is 2.87. The van der Waals surface area contributed by atoms with E-state index in [1.807, 2.05) is 20.8 Å². The van der Waals surface area contributed by atoms with Crippen molar-refractivity contribution < 1.29 is 4.79 Å². The smallest absolute Gasteiger partial charge is 0.277 e. The maximum absolute atomic E-state index is 11.4. The Morgan fingerprint density at radius 2 is 1.92 bits per heavy atom. The summed E-state index contributed by atoms with van der Waals surface area (Å²) < 4.78 is 1.32. The Kier molecular flexibility index (Phi) is 2.15. The van der Waals surface area contributed by atoms with Crippen molar-refractivity contribution in [2.45, 2.75) is 26.2 Å². The van der Waals surface area contributed by atoms with Crippen LogP contribution in [0.4, 0.5) is 0 Å². The summed E-state index contributed by atoms with van der Waals surface area (Å²) in [5.74, 6) is 0. The highest BCUT2D eigenvalue weighted by Gasteiger charge is 2.22. The minimum absolute atomic E-state index is 0.212. The van der Waals surface area contributed by atoms with Crippen LogP contribution < -0.4 is 5.56 Å². The highest BCUT2D eigenvalue weighted by atomic mass is 16.1. The van der Waals surface area contributed by atoms with Gasteiger partial charge in [0.05, 0.1) is 5.69 Å². The van der Waals surface area contributed by atoms with E-state index in [0.29, 0.717) is 12.0 Å². The standard InChI is InChI=1S/C9H14N2O2/c1-9(2,3)7-6(5-12)8(13)11(4)10-7/h5,10H,1-4H3. The van der Waals surface area contributed by atoms with Crippen molar-refractivity contribution in [3.8, 4) is 0 Å². The Hall–Kier alpha value is -1.32. The molecule has 0 amide bonds. The van der Waals surface area contributed by atoms with Gasteiger partial charge in [0.15, 0.2) is 6.29 Å². The number of rotatable bonds is 1. The molecule has 4 nitrogen and oxygen atoms in total. The van der Waals surface area contributed by atoms with Crippen LogP contribution in [0.15, 0.2) is 4.79 Å². The van der Waals surface area contributed by atoms with Crippen LogP contribution in [0.1, 0.15) is 36.8 Å². The molecule has 1 aromatic heterocycles. The predicted octanol–water partition coefficient (Wildman–Crippen LogP) is 0.823. The molecule has 0 aliphatic rings. The summed E-state index contributed by atoms with van der Waals surface area (Å²) >= 11 is 0. The van der Waals surface area contributed by atoms with Gasteiger partial charge < -0.3 is 0 Å². The van der Waals surface area contributed by atoms with E-state index in [0.717, 1.165) is 0 Å². The van der Waals surface area contributed by atoms with Gasteiger partial charge in [-0.05, 0) is 0 Å². The summed E-state index contributed by atoms with van der Waals surface area (Å²) in [6, 6.07) is 0. The summed E-state index contributed by atoms with van der Waals surface area (Å²) in [4.78, 5) is 22.0. The van der Waals surface area contributed by atoms with Gasteiger partial charge in [0, 0.05) is 12.5 Å². The van der Waals surface area contributed by atoms with Crippen molar-refractivity contribution in [3.05, 3.63) is 21.6 Å². The monoisotopic (exact) mass is 182 g/mol. The maximum atomic E-state index is 11.4. The van der Waals surface area contributed by atoms with Crippen molar-refractivity contribution >= 4 is 6.29 Å². The second-order valence-electron chi connectivity index (χ2n) is 4.13. The zero-order valence-electron chi connectivity index (χ0n) is 8.34. The predicted molar refractivity (Wildman–Crippen MR) is 50.1 cm³/mol. The van der Waals surface area contributed by atoms with Crippen LogP contribution in [0.2, 0.25) is 0 Å². The summed E-state index contributed by atoms with van der Waals surface area (Å²) in [5.41, 5.74) is 0.446. The lowest BCUT2D eigenvalue weighted by molar-refractivity contribution is 0.112. The van der Waals surface area contributed by atoms with Crippen LogP contribution in [-0.2, 0) is 12.5 Å². The molecule has 0 spiro atoms. The van der Waals surface area contributed by atoms with E-state index in [4.69, 9.17) is 0 Å². The number of nitrogens with one attached hydrogen (secondary N) is 1. The number of carbonyl (C=O) groups excluding carboxylic acids is 1. The fourth-order valence-electron chi connectivity index (χ4n) is 1.25. The van der Waals surface area contributed by atoms with E-state index in [-0.39, 0.29) is 16.5 Å². The maximum Gasteiger partial charge on any atom is 0.277 e. The van der Waals surface area contributed by atoms with Crippen LogP contribution >= 0.6 is 0 Å². The Morgan fingerprint density at radius 1 is 1.38 bits per heavy atom. The summed E-state index contributed by atoms with van der Waals surface area (Å²) in [6.45, 7) is 5.85. The Morgan fingerprint density at radius 3 is 2.23 bits per heavy atom. The molecule has 13 heavy (non-hydrogen) atoms. The molecule has 1 N–H and O–H groups in total. The van der Waals surface area contributed by atoms with Gasteiger partial charge in [-0.15, -0.1) is 0 Å². The topological polar surface area (TPSA) is 54.9 Å². The van der Waals surface area contributed by atoms with E-state index >= 15 is 0 Å². The molecule has 0 saturated heterocycles. The fraction of sp³-hybridized carbons (Fsp3) is 0.556. The molecule has 4 heteroatoms. The zero-order chi connectivity index (χ0) is 10.2. The van der Waals surface area contributed by atoms with Gasteiger partial charge in [-0.1, -0.05) is 20.8 Å². The van der Waals surface area contributed by atoms with Crippen LogP contribution in [0.3, 0.4) is 0 Å². The SMILES string of the molecule is Cn1[nH]c(C(C)(C)C)c(C=O)c1=O. The van der Waals surface area contributed by atoms with Crippen molar-refractivity contribution in [1.29, 1.82) is 0 Å². The highest BCUT2D eigenvalue weighted by Crippen LogP contribution is 2.20. The number of aryl methyl sites for hydroxylation is 1. The average Bonchev–Trinajstić information content (AvgIpc) is 2.28. The Labute approximate surface area is 76.6 Å². The van der Waals surface area contributed by atoms with Gasteiger partial charge in [-0.2, -0.15) is 0 Å². The summed E-state index contributed by atoms with van der Waals surface area (Å²) in [6.07, 6.45) is 0.611. The first-order chi connectivity index (χ1) is 5.88. The molecule has 0 bridgehead atoms. The van der Waals surface area contributed by atoms with Crippen LogP contribution in [0.25, 0.3) is 0 Å². The lowest BCUT2D eigenvalue weighted by atomic mass is 9.90. The largest absolute Gasteiger partial charge is 0.299 e. The molecule has 72 valence electrons. The first kappa shape index (κ1) is 9.77. The first-order valence-corrected chi connectivity index (χ1v) is 4.12. The summed E-state index contributed by atoms with van der Waals surface area (Å²) in [7, 11) is 1.60. The average molecular weight is 182 g/mol. The van der Waals surface area contributed by atoms with Gasteiger partial charge >= 0.3 is 0 Å². The Balaban J connectivity index is 3.47. The summed E-state index contributed by atoms with van der Waals surface area (Å²) in [5, 5.41) is 2.88. The van der Waals surface area contributed by atoms with Gasteiger partial charge in [0.25, 0.3) is 5.56 Å². The van der Waals surface area contributed by atoms with Crippen molar-refractivity contribution in [2.24, 2.45) is 7.05 Å². The molecular weight excluding hydrogens is 168 g/mol. The number of H-pyrrole nitrogens is 1. The van der Waals surface area contributed by atoms with Crippen molar-refractivity contribution in [2.75, 3.05) is 0 Å². The number of nitrogens with zero attached hydrogens (tertiary/aromatic N) is 1. The third-order valence-electron chi connectivity index (χ3n) is 1.95. The molecule has 0 aromatic carbocycles. The van der Waals surface area contributed by atoms with E-state index in [9.17, 15) is 9.59 Å². The second-order valence-corrected chi connectivity index (χ2v) is 4.13. The first-order valence-electron chi connectivity index (χ1n) is 4.12. The van der Waals surface area contributed by atoms with Crippen molar-refractivity contribution in [3.63, 3.8) is 0 Å². The number of aldehydes is 1. The quantitative estimate of drug-likeness (QED) is 0.654. The number of carbonyl (C=O) groups is 1. The van der Waals surface area contributed by atoms with E-state index in [1.54, 1.807) is 7.05 Å². The molecule has 0 saturated carbocycles. The fourth-order valence-corrected chi connectivity index (χ4v) is 1.25. The van der Waals surface area contributed by atoms with Gasteiger partial charge in [-0.25, -0.2) is 0 Å². The zero-order valence-corrected chi connectivity index (χ0v) is 8.34. The Bertz CT molecular complexity index is 379. The van der Waals surface area contributed by atoms with Gasteiger partial charge in [0.2, 0.25) is 0 Å². The number of aromatic nitrogens is 2. The molecule has 1 rings (SSSR count). The van der Waals surface area contributed by atoms with Crippen molar-refractivity contribution in [1.82, 2.24) is 9.78 Å². The lowest BCUT2D eigenvalue weighted by Crippen LogP contribution is -2.17. The lowest BCUT2D eigenvalue weighted by Gasteiger charge is -2.16. The molecule has 0 unspecified atom stereocenters. The molecule has 0 atom stereocenters. The van der Waals surface area contributed by atoms with Gasteiger partial charge in [0.1, 0.15) is 5.56 Å². The minimum atomic E-state index is -0.264. The number of aromatic amines is 1. The van der Waals surface area contributed by atoms with Crippen LogP contribution in [0, 0.1) is 0 Å². The molecule has 1 heterocycles. The molecular formula is C9H14N2O2. The number of hydrogen-bond donors (Lipinski definition) is 1. The minimum Gasteiger partial charge on any atom is -0.299 e. The van der Waals surface area contributed by atoms with Crippen LogP contribution in [-0.4, -0.2) is 16.1 Å². The highest BCUT2D eigenvalue weighted by molar-refractivity contribution is 5.76. The van der Waals surface area contributed by atoms with E-state index in [1.165, 1.54) is 4.68 Å². The molecule has 0 fully saturated rings. The third kappa shape index (κ3) is 1.56. The molecule has 0 aliphatic carbocycles. The van der Waals surface area contributed by atoms with Crippen LogP contribution in [0.5, 0.6) is 0 Å². The number of hydrogen-bond acceptors (Lipinski definition) is 2. The van der Waals surface area contributed by atoms with Gasteiger partial charge in [-0.3, -0.25) is 19.4 Å².